The first-order valence-corrected chi connectivity index (χ1v) is 11.4. The van der Waals surface area contributed by atoms with Crippen molar-refractivity contribution in [3.63, 3.8) is 0 Å². The first-order valence-electron chi connectivity index (χ1n) is 11.4. The molecule has 2 fully saturated rings. The second-order valence-electron chi connectivity index (χ2n) is 8.71. The molecular weight excluding hydrogens is 404 g/mol. The predicted octanol–water partition coefficient (Wildman–Crippen LogP) is 2.86. The minimum atomic E-state index is -0.183. The van der Waals surface area contributed by atoms with E-state index in [-0.39, 0.29) is 17.1 Å². The molecule has 0 bridgehead atoms. The highest BCUT2D eigenvalue weighted by atomic mass is 16.3. The SMILES string of the molecule is O=C(c1cc(=O)c2ccccc2o1)N1CCCC(CN2CCN(c3ccccn3)CC2)C1. The Kier molecular flexibility index (Phi) is 5.90. The summed E-state index contributed by atoms with van der Waals surface area (Å²) in [7, 11) is 0. The predicted molar refractivity (Wildman–Crippen MR) is 124 cm³/mol. The molecular formula is C25H28N4O3. The lowest BCUT2D eigenvalue weighted by Gasteiger charge is -2.39. The van der Waals surface area contributed by atoms with Gasteiger partial charge in [-0.25, -0.2) is 4.98 Å². The van der Waals surface area contributed by atoms with Crippen molar-refractivity contribution in [1.29, 1.82) is 0 Å². The van der Waals surface area contributed by atoms with Crippen molar-refractivity contribution in [3.8, 4) is 0 Å². The molecule has 32 heavy (non-hydrogen) atoms. The van der Waals surface area contributed by atoms with E-state index in [4.69, 9.17) is 4.42 Å². The Labute approximate surface area is 187 Å². The van der Waals surface area contributed by atoms with Gasteiger partial charge in [0.2, 0.25) is 0 Å². The number of likely N-dealkylation sites (tertiary alicyclic amines) is 1. The van der Waals surface area contributed by atoms with E-state index in [0.29, 0.717) is 30.0 Å². The Morgan fingerprint density at radius 1 is 1.03 bits per heavy atom. The summed E-state index contributed by atoms with van der Waals surface area (Å²) in [6, 6.07) is 14.4. The first-order chi connectivity index (χ1) is 15.7. The molecule has 0 aliphatic carbocycles. The van der Waals surface area contributed by atoms with Crippen LogP contribution < -0.4 is 10.3 Å². The fourth-order valence-electron chi connectivity index (χ4n) is 4.83. The van der Waals surface area contributed by atoms with Crippen LogP contribution in [-0.4, -0.2) is 66.5 Å². The number of aromatic nitrogens is 1. The number of nitrogens with zero attached hydrogens (tertiary/aromatic N) is 4. The molecule has 166 valence electrons. The van der Waals surface area contributed by atoms with Crippen LogP contribution in [0.25, 0.3) is 11.0 Å². The van der Waals surface area contributed by atoms with Crippen molar-refractivity contribution >= 4 is 22.7 Å². The molecule has 4 heterocycles. The molecule has 5 rings (SSSR count). The summed E-state index contributed by atoms with van der Waals surface area (Å²) in [6.45, 7) is 6.33. The number of hydrogen-bond acceptors (Lipinski definition) is 6. The second-order valence-corrected chi connectivity index (χ2v) is 8.71. The van der Waals surface area contributed by atoms with Gasteiger partial charge < -0.3 is 14.2 Å². The minimum Gasteiger partial charge on any atom is -0.451 e. The summed E-state index contributed by atoms with van der Waals surface area (Å²) >= 11 is 0. The summed E-state index contributed by atoms with van der Waals surface area (Å²) in [5, 5.41) is 0.505. The van der Waals surface area contributed by atoms with Crippen LogP contribution >= 0.6 is 0 Å². The summed E-state index contributed by atoms with van der Waals surface area (Å²) in [6.07, 6.45) is 3.93. The van der Waals surface area contributed by atoms with E-state index in [2.05, 4.69) is 20.9 Å². The van der Waals surface area contributed by atoms with Crippen LogP contribution in [0, 0.1) is 5.92 Å². The van der Waals surface area contributed by atoms with E-state index in [1.165, 1.54) is 6.07 Å². The van der Waals surface area contributed by atoms with Gasteiger partial charge in [0, 0.05) is 58.1 Å². The van der Waals surface area contributed by atoms with Crippen LogP contribution in [0.2, 0.25) is 0 Å². The maximum atomic E-state index is 13.1. The van der Waals surface area contributed by atoms with Crippen molar-refractivity contribution in [1.82, 2.24) is 14.8 Å². The van der Waals surface area contributed by atoms with Gasteiger partial charge in [0.15, 0.2) is 11.2 Å². The van der Waals surface area contributed by atoms with Gasteiger partial charge in [-0.05, 0) is 43.0 Å². The molecule has 2 aromatic heterocycles. The highest BCUT2D eigenvalue weighted by molar-refractivity contribution is 5.93. The van der Waals surface area contributed by atoms with Crippen molar-refractivity contribution < 1.29 is 9.21 Å². The third-order valence-electron chi connectivity index (χ3n) is 6.51. The number of benzene rings is 1. The lowest BCUT2D eigenvalue weighted by Crippen LogP contribution is -2.50. The van der Waals surface area contributed by atoms with E-state index in [1.807, 2.05) is 29.3 Å². The molecule has 2 aliphatic rings. The van der Waals surface area contributed by atoms with Crippen LogP contribution in [0.3, 0.4) is 0 Å². The van der Waals surface area contributed by atoms with Crippen LogP contribution in [0.4, 0.5) is 5.82 Å². The fourth-order valence-corrected chi connectivity index (χ4v) is 4.83. The molecule has 7 heteroatoms. The van der Waals surface area contributed by atoms with Crippen molar-refractivity contribution in [2.75, 3.05) is 50.7 Å². The largest absolute Gasteiger partial charge is 0.451 e. The molecule has 0 spiro atoms. The average Bonchev–Trinajstić information content (AvgIpc) is 2.85. The van der Waals surface area contributed by atoms with Crippen LogP contribution in [-0.2, 0) is 0 Å². The molecule has 1 aromatic carbocycles. The summed E-state index contributed by atoms with van der Waals surface area (Å²) in [5.74, 6) is 1.43. The number of carbonyl (C=O) groups is 1. The monoisotopic (exact) mass is 432 g/mol. The van der Waals surface area contributed by atoms with E-state index in [9.17, 15) is 9.59 Å². The number of amides is 1. The number of para-hydroxylation sites is 1. The lowest BCUT2D eigenvalue weighted by atomic mass is 9.96. The molecule has 0 saturated carbocycles. The number of hydrogen-bond donors (Lipinski definition) is 0. The minimum absolute atomic E-state index is 0.137. The maximum Gasteiger partial charge on any atom is 0.289 e. The van der Waals surface area contributed by atoms with Crippen molar-refractivity contribution in [3.05, 3.63) is 70.7 Å². The molecule has 2 aliphatic heterocycles. The van der Waals surface area contributed by atoms with Gasteiger partial charge in [0.1, 0.15) is 11.4 Å². The fraction of sp³-hybridized carbons (Fsp3) is 0.400. The maximum absolute atomic E-state index is 13.1. The Bertz CT molecular complexity index is 1140. The lowest BCUT2D eigenvalue weighted by molar-refractivity contribution is 0.0607. The molecule has 2 saturated heterocycles. The summed E-state index contributed by atoms with van der Waals surface area (Å²) in [5.41, 5.74) is 0.289. The number of fused-ring (bicyclic) bond motifs is 1. The molecule has 0 N–H and O–H groups in total. The van der Waals surface area contributed by atoms with Gasteiger partial charge in [-0.3, -0.25) is 14.5 Å². The number of anilines is 1. The number of carbonyl (C=O) groups excluding carboxylic acids is 1. The number of piperazine rings is 1. The highest BCUT2D eigenvalue weighted by Crippen LogP contribution is 2.22. The van der Waals surface area contributed by atoms with Crippen LogP contribution in [0.5, 0.6) is 0 Å². The zero-order chi connectivity index (χ0) is 21.9. The van der Waals surface area contributed by atoms with Gasteiger partial charge in [-0.15, -0.1) is 0 Å². The Hall–Kier alpha value is -3.19. The third kappa shape index (κ3) is 4.39. The molecule has 0 radical (unpaired) electrons. The second kappa shape index (κ2) is 9.12. The van der Waals surface area contributed by atoms with Gasteiger partial charge >= 0.3 is 0 Å². The van der Waals surface area contributed by atoms with E-state index in [1.54, 1.807) is 18.2 Å². The van der Waals surface area contributed by atoms with Gasteiger partial charge in [0.25, 0.3) is 5.91 Å². The van der Waals surface area contributed by atoms with Crippen molar-refractivity contribution in [2.45, 2.75) is 12.8 Å². The Balaban J connectivity index is 1.20. The van der Waals surface area contributed by atoms with Crippen LogP contribution in [0.1, 0.15) is 23.4 Å². The number of pyridine rings is 1. The summed E-state index contributed by atoms with van der Waals surface area (Å²) in [4.78, 5) is 36.6. The van der Waals surface area contributed by atoms with Crippen molar-refractivity contribution in [2.24, 2.45) is 5.92 Å². The highest BCUT2D eigenvalue weighted by Gasteiger charge is 2.28. The topological polar surface area (TPSA) is 69.9 Å². The molecule has 1 unspecified atom stereocenters. The molecule has 1 amide bonds. The zero-order valence-corrected chi connectivity index (χ0v) is 18.2. The van der Waals surface area contributed by atoms with Gasteiger partial charge in [-0.1, -0.05) is 18.2 Å². The average molecular weight is 433 g/mol. The van der Waals surface area contributed by atoms with Gasteiger partial charge in [0.05, 0.1) is 5.39 Å². The molecule has 1 atom stereocenters. The first kappa shape index (κ1) is 20.7. The quantitative estimate of drug-likeness (QED) is 0.632. The Morgan fingerprint density at radius 3 is 2.66 bits per heavy atom. The van der Waals surface area contributed by atoms with Crippen LogP contribution in [0.15, 0.2) is 63.9 Å². The zero-order valence-electron chi connectivity index (χ0n) is 18.2. The smallest absolute Gasteiger partial charge is 0.289 e. The normalized spacial score (nSPS) is 19.9. The third-order valence-corrected chi connectivity index (χ3v) is 6.51. The van der Waals surface area contributed by atoms with Gasteiger partial charge in [-0.2, -0.15) is 0 Å². The summed E-state index contributed by atoms with van der Waals surface area (Å²) < 4.78 is 5.78. The van der Waals surface area contributed by atoms with E-state index in [0.717, 1.165) is 51.4 Å². The Morgan fingerprint density at radius 2 is 1.84 bits per heavy atom. The standard InChI is InChI=1S/C25H28N4O3/c30-21-16-23(32-22-8-2-1-7-20(21)22)25(31)29-11-5-6-19(18-29)17-27-12-14-28(15-13-27)24-9-3-4-10-26-24/h1-4,7-10,16,19H,5-6,11-15,17-18H2. The molecule has 7 nitrogen and oxygen atoms in total. The van der Waals surface area contributed by atoms with E-state index >= 15 is 0 Å². The number of rotatable bonds is 4. The number of piperidine rings is 1. The molecule has 3 aromatic rings. The van der Waals surface area contributed by atoms with E-state index < -0.39 is 0 Å².